The Morgan fingerprint density at radius 3 is 2.62 bits per heavy atom. The first-order valence-electron chi connectivity index (χ1n) is 8.12. The normalized spacial score (nSPS) is 22.2. The Morgan fingerprint density at radius 1 is 1.23 bits per heavy atom. The lowest BCUT2D eigenvalue weighted by Gasteiger charge is -2.12. The van der Waals surface area contributed by atoms with E-state index in [1.54, 1.807) is 12.1 Å². The van der Waals surface area contributed by atoms with E-state index in [0.717, 1.165) is 6.07 Å². The molecule has 1 aliphatic rings. The molecule has 3 rings (SSSR count). The first-order chi connectivity index (χ1) is 12.4. The zero-order valence-electron chi connectivity index (χ0n) is 13.8. The molecule has 0 spiro atoms. The number of nitrogens with zero attached hydrogens (tertiary/aromatic N) is 1. The van der Waals surface area contributed by atoms with Crippen LogP contribution in [0.5, 0.6) is 0 Å². The number of anilines is 1. The van der Waals surface area contributed by atoms with Crippen LogP contribution in [0, 0.1) is 17.7 Å². The molecule has 1 aliphatic carbocycles. The van der Waals surface area contributed by atoms with Crippen molar-refractivity contribution in [1.29, 1.82) is 0 Å². The van der Waals surface area contributed by atoms with Gasteiger partial charge in [0.25, 0.3) is 5.56 Å². The van der Waals surface area contributed by atoms with Crippen LogP contribution in [-0.4, -0.2) is 27.6 Å². The molecule has 8 heteroatoms. The molecular weight excluding hydrogens is 341 g/mol. The molecule has 1 aromatic carbocycles. The van der Waals surface area contributed by atoms with Gasteiger partial charge < -0.3 is 16.2 Å². The molecule has 2 amide bonds. The summed E-state index contributed by atoms with van der Waals surface area (Å²) in [4.78, 5) is 35.3. The van der Waals surface area contributed by atoms with E-state index < -0.39 is 35.6 Å². The SMILES string of the molecule is NC(=O)[C@H]1C[C@H](C(=O)Nc2ccc(-n3ccccc3=O)cc2F)C[C@@H]1O. The predicted molar refractivity (Wildman–Crippen MR) is 92.0 cm³/mol. The van der Waals surface area contributed by atoms with Crippen LogP contribution < -0.4 is 16.6 Å². The third kappa shape index (κ3) is 3.50. The summed E-state index contributed by atoms with van der Waals surface area (Å²) in [5.74, 6) is -3.24. The number of aromatic nitrogens is 1. The minimum atomic E-state index is -0.972. The maximum atomic E-state index is 14.3. The number of nitrogens with one attached hydrogen (secondary N) is 1. The first kappa shape index (κ1) is 17.8. The maximum absolute atomic E-state index is 14.3. The Kier molecular flexibility index (Phi) is 4.85. The summed E-state index contributed by atoms with van der Waals surface area (Å²) < 4.78 is 15.6. The van der Waals surface area contributed by atoms with Gasteiger partial charge in [0, 0.05) is 24.2 Å². The van der Waals surface area contributed by atoms with Gasteiger partial charge in [-0.1, -0.05) is 6.07 Å². The van der Waals surface area contributed by atoms with Crippen molar-refractivity contribution in [2.75, 3.05) is 5.32 Å². The molecule has 0 bridgehead atoms. The van der Waals surface area contributed by atoms with Crippen molar-refractivity contribution in [1.82, 2.24) is 4.57 Å². The molecule has 136 valence electrons. The molecule has 4 N–H and O–H groups in total. The van der Waals surface area contributed by atoms with Gasteiger partial charge in [-0.15, -0.1) is 0 Å². The third-order valence-corrected chi connectivity index (χ3v) is 4.58. The molecule has 3 atom stereocenters. The number of carbonyl (C=O) groups excluding carboxylic acids is 2. The lowest BCUT2D eigenvalue weighted by molar-refractivity contribution is -0.124. The molecule has 7 nitrogen and oxygen atoms in total. The van der Waals surface area contributed by atoms with Gasteiger partial charge in [-0.25, -0.2) is 4.39 Å². The Morgan fingerprint density at radius 2 is 2.00 bits per heavy atom. The van der Waals surface area contributed by atoms with Crippen LogP contribution in [0.3, 0.4) is 0 Å². The number of nitrogens with two attached hydrogens (primary N) is 1. The predicted octanol–water partition coefficient (Wildman–Crippen LogP) is 0.787. The van der Waals surface area contributed by atoms with Crippen molar-refractivity contribution in [2.45, 2.75) is 18.9 Å². The van der Waals surface area contributed by atoms with Crippen molar-refractivity contribution in [3.8, 4) is 5.69 Å². The summed E-state index contributed by atoms with van der Waals surface area (Å²) in [6, 6.07) is 8.60. The van der Waals surface area contributed by atoms with Crippen LogP contribution in [0.4, 0.5) is 10.1 Å². The molecule has 1 fully saturated rings. The van der Waals surface area contributed by atoms with Crippen LogP contribution in [0.2, 0.25) is 0 Å². The quantitative estimate of drug-likeness (QED) is 0.748. The van der Waals surface area contributed by atoms with E-state index in [4.69, 9.17) is 5.73 Å². The summed E-state index contributed by atoms with van der Waals surface area (Å²) in [7, 11) is 0. The molecule has 0 radical (unpaired) electrons. The highest BCUT2D eigenvalue weighted by Gasteiger charge is 2.40. The number of amides is 2. The van der Waals surface area contributed by atoms with Gasteiger partial charge in [0.15, 0.2) is 0 Å². The highest BCUT2D eigenvalue weighted by Crippen LogP contribution is 2.32. The van der Waals surface area contributed by atoms with Crippen molar-refractivity contribution in [3.63, 3.8) is 0 Å². The molecule has 0 saturated heterocycles. The van der Waals surface area contributed by atoms with E-state index in [2.05, 4.69) is 5.32 Å². The molecule has 2 aromatic rings. The number of carbonyl (C=O) groups is 2. The summed E-state index contributed by atoms with van der Waals surface area (Å²) in [6.45, 7) is 0. The van der Waals surface area contributed by atoms with Crippen LogP contribution in [0.1, 0.15) is 12.8 Å². The number of aliphatic hydroxyl groups is 1. The molecule has 26 heavy (non-hydrogen) atoms. The zero-order valence-corrected chi connectivity index (χ0v) is 13.8. The Bertz CT molecular complexity index is 911. The van der Waals surface area contributed by atoms with Gasteiger partial charge >= 0.3 is 0 Å². The fourth-order valence-electron chi connectivity index (χ4n) is 3.17. The van der Waals surface area contributed by atoms with E-state index in [9.17, 15) is 23.9 Å². The zero-order chi connectivity index (χ0) is 18.8. The number of benzene rings is 1. The molecule has 0 unspecified atom stereocenters. The number of primary amides is 1. The number of aliphatic hydroxyl groups excluding tert-OH is 1. The molecule has 1 heterocycles. The fraction of sp³-hybridized carbons (Fsp3) is 0.278. The lowest BCUT2D eigenvalue weighted by atomic mass is 10.0. The van der Waals surface area contributed by atoms with E-state index in [-0.39, 0.29) is 24.1 Å². The van der Waals surface area contributed by atoms with Crippen molar-refractivity contribution in [3.05, 3.63) is 58.8 Å². The monoisotopic (exact) mass is 359 g/mol. The smallest absolute Gasteiger partial charge is 0.255 e. The van der Waals surface area contributed by atoms with Gasteiger partial charge in [0.2, 0.25) is 11.8 Å². The number of pyridine rings is 1. The number of hydrogen-bond donors (Lipinski definition) is 3. The van der Waals surface area contributed by atoms with Gasteiger partial charge in [0.1, 0.15) is 5.82 Å². The number of halogens is 1. The van der Waals surface area contributed by atoms with Crippen LogP contribution in [-0.2, 0) is 9.59 Å². The second-order valence-electron chi connectivity index (χ2n) is 6.31. The van der Waals surface area contributed by atoms with Crippen molar-refractivity contribution >= 4 is 17.5 Å². The summed E-state index contributed by atoms with van der Waals surface area (Å²) in [6.07, 6.45) is 0.764. The molecule has 1 aromatic heterocycles. The minimum absolute atomic E-state index is 0.0419. The minimum Gasteiger partial charge on any atom is -0.392 e. The van der Waals surface area contributed by atoms with Crippen LogP contribution >= 0.6 is 0 Å². The molecular formula is C18H18FN3O4. The average molecular weight is 359 g/mol. The maximum Gasteiger partial charge on any atom is 0.255 e. The van der Waals surface area contributed by atoms with Crippen molar-refractivity contribution in [2.24, 2.45) is 17.6 Å². The van der Waals surface area contributed by atoms with E-state index >= 15 is 0 Å². The number of hydrogen-bond acceptors (Lipinski definition) is 4. The molecule has 1 saturated carbocycles. The second-order valence-corrected chi connectivity index (χ2v) is 6.31. The van der Waals surface area contributed by atoms with Gasteiger partial charge in [-0.2, -0.15) is 0 Å². The largest absolute Gasteiger partial charge is 0.392 e. The average Bonchev–Trinajstić information content (AvgIpc) is 2.99. The number of rotatable bonds is 4. The third-order valence-electron chi connectivity index (χ3n) is 4.58. The van der Waals surface area contributed by atoms with E-state index in [0.29, 0.717) is 5.69 Å². The first-order valence-corrected chi connectivity index (χ1v) is 8.12. The topological polar surface area (TPSA) is 114 Å². The van der Waals surface area contributed by atoms with Crippen LogP contribution in [0.25, 0.3) is 5.69 Å². The van der Waals surface area contributed by atoms with E-state index in [1.807, 2.05) is 0 Å². The van der Waals surface area contributed by atoms with Gasteiger partial charge in [0.05, 0.1) is 23.4 Å². The van der Waals surface area contributed by atoms with Crippen molar-refractivity contribution < 1.29 is 19.1 Å². The Balaban J connectivity index is 1.75. The summed E-state index contributed by atoms with van der Waals surface area (Å²) >= 11 is 0. The highest BCUT2D eigenvalue weighted by atomic mass is 19.1. The van der Waals surface area contributed by atoms with E-state index in [1.165, 1.54) is 29.0 Å². The highest BCUT2D eigenvalue weighted by molar-refractivity contribution is 5.93. The van der Waals surface area contributed by atoms with Gasteiger partial charge in [-0.05, 0) is 31.0 Å². The standard InChI is InChI=1S/C18H18FN3O4/c19-13-9-11(22-6-2-1-3-16(22)24)4-5-14(13)21-18(26)10-7-12(17(20)25)15(23)8-10/h1-6,9-10,12,15,23H,7-8H2,(H2,20,25)(H,21,26)/t10-,12-,15-/m0/s1. The summed E-state index contributed by atoms with van der Waals surface area (Å²) in [5.41, 5.74) is 5.18. The Labute approximate surface area is 148 Å². The summed E-state index contributed by atoms with van der Waals surface area (Å²) in [5, 5.41) is 12.3. The van der Waals surface area contributed by atoms with Gasteiger partial charge in [-0.3, -0.25) is 19.0 Å². The lowest BCUT2D eigenvalue weighted by Crippen LogP contribution is -2.29. The Hall–Kier alpha value is -3.00. The molecule has 0 aliphatic heterocycles. The fourth-order valence-corrected chi connectivity index (χ4v) is 3.17. The second kappa shape index (κ2) is 7.09. The van der Waals surface area contributed by atoms with Crippen LogP contribution in [0.15, 0.2) is 47.4 Å².